The zero-order valence-electron chi connectivity index (χ0n) is 12.2. The number of nitrogens with zero attached hydrogens (tertiary/aromatic N) is 1. The van der Waals surface area contributed by atoms with Crippen molar-refractivity contribution in [3.63, 3.8) is 0 Å². The Kier molecular flexibility index (Phi) is 5.68. The highest BCUT2D eigenvalue weighted by atomic mass is 32.2. The topological polar surface area (TPSA) is 63.7 Å². The number of benzene rings is 1. The third-order valence-corrected chi connectivity index (χ3v) is 4.53. The second-order valence-corrected chi connectivity index (χ2v) is 6.22. The minimum atomic E-state index is -0.588. The van der Waals surface area contributed by atoms with E-state index in [-0.39, 0.29) is 13.2 Å². The van der Waals surface area contributed by atoms with E-state index >= 15 is 0 Å². The molecule has 1 aromatic carbocycles. The van der Waals surface area contributed by atoms with E-state index in [1.807, 2.05) is 30.5 Å². The molecule has 2 amide bonds. The number of carbonyl (C=O) groups is 3. The van der Waals surface area contributed by atoms with Crippen LogP contribution in [-0.4, -0.2) is 41.4 Å². The molecule has 0 aliphatic carbocycles. The van der Waals surface area contributed by atoms with Gasteiger partial charge in [-0.2, -0.15) is 0 Å². The minimum absolute atomic E-state index is 0.215. The van der Waals surface area contributed by atoms with Crippen LogP contribution in [-0.2, 0) is 14.3 Å². The van der Waals surface area contributed by atoms with E-state index < -0.39 is 17.1 Å². The third-order valence-electron chi connectivity index (χ3n) is 2.88. The lowest BCUT2D eigenvalue weighted by Gasteiger charge is -2.10. The number of hydrogen-bond acceptors (Lipinski definition) is 6. The molecule has 1 aliphatic heterocycles. The standard InChI is InChI=1S/C15H15NO4S2/c1-3-20-13(17)9-16-14(18)12(22-15(16)19)8-10-4-6-11(21-2)7-5-10/h4-8H,3,9H2,1-2H3/b12-8+. The van der Waals surface area contributed by atoms with Gasteiger partial charge in [-0.05, 0) is 48.7 Å². The van der Waals surface area contributed by atoms with Crippen molar-refractivity contribution in [2.24, 2.45) is 0 Å². The molecule has 0 bridgehead atoms. The normalized spacial score (nSPS) is 16.5. The molecule has 116 valence electrons. The van der Waals surface area contributed by atoms with Crippen LogP contribution in [0.1, 0.15) is 12.5 Å². The molecule has 5 nitrogen and oxygen atoms in total. The summed E-state index contributed by atoms with van der Waals surface area (Å²) in [6.07, 6.45) is 3.63. The molecule has 1 fully saturated rings. The number of imide groups is 1. The summed E-state index contributed by atoms with van der Waals surface area (Å²) in [6.45, 7) is 1.54. The third kappa shape index (κ3) is 3.92. The molecule has 0 saturated carbocycles. The number of thioether (sulfide) groups is 2. The lowest BCUT2D eigenvalue weighted by molar-refractivity contribution is -0.145. The van der Waals surface area contributed by atoms with Crippen LogP contribution in [0.25, 0.3) is 6.08 Å². The van der Waals surface area contributed by atoms with Gasteiger partial charge in [0.25, 0.3) is 11.1 Å². The fourth-order valence-corrected chi connectivity index (χ4v) is 3.07. The highest BCUT2D eigenvalue weighted by molar-refractivity contribution is 8.18. The molecule has 1 aromatic rings. The molecule has 0 aromatic heterocycles. The van der Waals surface area contributed by atoms with Crippen molar-refractivity contribution in [2.75, 3.05) is 19.4 Å². The predicted molar refractivity (Wildman–Crippen MR) is 87.5 cm³/mol. The van der Waals surface area contributed by atoms with E-state index in [4.69, 9.17) is 4.74 Å². The quantitative estimate of drug-likeness (QED) is 0.467. The second-order valence-electron chi connectivity index (χ2n) is 4.35. The van der Waals surface area contributed by atoms with Crippen molar-refractivity contribution < 1.29 is 19.1 Å². The van der Waals surface area contributed by atoms with E-state index in [0.717, 1.165) is 27.1 Å². The van der Waals surface area contributed by atoms with Gasteiger partial charge in [0.05, 0.1) is 11.5 Å². The zero-order valence-corrected chi connectivity index (χ0v) is 13.8. The average molecular weight is 337 g/mol. The Labute approximate surface area is 137 Å². The number of amides is 2. The molecule has 0 spiro atoms. The zero-order chi connectivity index (χ0) is 16.1. The van der Waals surface area contributed by atoms with Gasteiger partial charge in [-0.15, -0.1) is 11.8 Å². The fraction of sp³-hybridized carbons (Fsp3) is 0.267. The van der Waals surface area contributed by atoms with E-state index in [1.54, 1.807) is 24.8 Å². The van der Waals surface area contributed by atoms with Crippen LogP contribution in [0.5, 0.6) is 0 Å². The predicted octanol–water partition coefficient (Wildman–Crippen LogP) is 3.01. The van der Waals surface area contributed by atoms with Gasteiger partial charge in [0.2, 0.25) is 0 Å². The molecule has 0 unspecified atom stereocenters. The summed E-state index contributed by atoms with van der Waals surface area (Å²) >= 11 is 2.46. The first-order valence-electron chi connectivity index (χ1n) is 6.60. The molecular weight excluding hydrogens is 322 g/mol. The lowest BCUT2D eigenvalue weighted by Crippen LogP contribution is -2.34. The molecular formula is C15H15NO4S2. The summed E-state index contributed by atoms with van der Waals surface area (Å²) in [7, 11) is 0. The van der Waals surface area contributed by atoms with Crippen LogP contribution in [0.3, 0.4) is 0 Å². The number of rotatable bonds is 5. The molecule has 1 heterocycles. The summed E-state index contributed by atoms with van der Waals surface area (Å²) in [4.78, 5) is 37.8. The molecule has 7 heteroatoms. The average Bonchev–Trinajstić information content (AvgIpc) is 2.76. The highest BCUT2D eigenvalue weighted by Crippen LogP contribution is 2.32. The number of esters is 1. The van der Waals surface area contributed by atoms with Crippen molar-refractivity contribution in [3.05, 3.63) is 34.7 Å². The van der Waals surface area contributed by atoms with E-state index in [0.29, 0.717) is 4.91 Å². The van der Waals surface area contributed by atoms with Gasteiger partial charge >= 0.3 is 5.97 Å². The Bertz CT molecular complexity index is 625. The first-order valence-corrected chi connectivity index (χ1v) is 8.64. The van der Waals surface area contributed by atoms with Gasteiger partial charge in [0.15, 0.2) is 0 Å². The van der Waals surface area contributed by atoms with Gasteiger partial charge in [-0.3, -0.25) is 19.3 Å². The Morgan fingerprint density at radius 1 is 1.32 bits per heavy atom. The van der Waals surface area contributed by atoms with Crippen LogP contribution in [0.2, 0.25) is 0 Å². The van der Waals surface area contributed by atoms with Crippen LogP contribution in [0.15, 0.2) is 34.1 Å². The fourth-order valence-electron chi connectivity index (χ4n) is 1.82. The number of ether oxygens (including phenoxy) is 1. The molecule has 1 saturated heterocycles. The Hall–Kier alpha value is -1.73. The van der Waals surface area contributed by atoms with E-state index in [1.165, 1.54) is 0 Å². The molecule has 0 radical (unpaired) electrons. The van der Waals surface area contributed by atoms with E-state index in [2.05, 4.69) is 0 Å². The Balaban J connectivity index is 2.12. The monoisotopic (exact) mass is 337 g/mol. The summed E-state index contributed by atoms with van der Waals surface area (Å²) in [5.41, 5.74) is 0.833. The minimum Gasteiger partial charge on any atom is -0.465 e. The van der Waals surface area contributed by atoms with Crippen LogP contribution in [0.4, 0.5) is 4.79 Å². The Morgan fingerprint density at radius 3 is 2.59 bits per heavy atom. The van der Waals surface area contributed by atoms with Crippen molar-refractivity contribution in [3.8, 4) is 0 Å². The van der Waals surface area contributed by atoms with Crippen LogP contribution >= 0.6 is 23.5 Å². The van der Waals surface area contributed by atoms with Gasteiger partial charge < -0.3 is 4.74 Å². The van der Waals surface area contributed by atoms with E-state index in [9.17, 15) is 14.4 Å². The van der Waals surface area contributed by atoms with Crippen molar-refractivity contribution in [1.29, 1.82) is 0 Å². The number of hydrogen-bond donors (Lipinski definition) is 0. The largest absolute Gasteiger partial charge is 0.465 e. The maximum Gasteiger partial charge on any atom is 0.326 e. The first-order chi connectivity index (χ1) is 10.5. The maximum absolute atomic E-state index is 12.2. The summed E-state index contributed by atoms with van der Waals surface area (Å²) < 4.78 is 4.76. The van der Waals surface area contributed by atoms with Crippen molar-refractivity contribution in [1.82, 2.24) is 4.90 Å². The summed E-state index contributed by atoms with van der Waals surface area (Å²) in [5, 5.41) is -0.454. The van der Waals surface area contributed by atoms with Gasteiger partial charge in [0.1, 0.15) is 6.54 Å². The van der Waals surface area contributed by atoms with Crippen LogP contribution in [0, 0.1) is 0 Å². The maximum atomic E-state index is 12.2. The summed E-state index contributed by atoms with van der Waals surface area (Å²) in [6, 6.07) is 7.65. The summed E-state index contributed by atoms with van der Waals surface area (Å²) in [5.74, 6) is -1.05. The van der Waals surface area contributed by atoms with Crippen LogP contribution < -0.4 is 0 Å². The van der Waals surface area contributed by atoms with Gasteiger partial charge in [0, 0.05) is 4.90 Å². The van der Waals surface area contributed by atoms with Crippen molar-refractivity contribution >= 4 is 46.7 Å². The van der Waals surface area contributed by atoms with Gasteiger partial charge in [-0.25, -0.2) is 0 Å². The Morgan fingerprint density at radius 2 is 2.00 bits per heavy atom. The van der Waals surface area contributed by atoms with Gasteiger partial charge in [-0.1, -0.05) is 12.1 Å². The second kappa shape index (κ2) is 7.51. The molecule has 22 heavy (non-hydrogen) atoms. The first kappa shape index (κ1) is 16.6. The SMILES string of the molecule is CCOC(=O)CN1C(=O)S/C(=C/c2ccc(SC)cc2)C1=O. The lowest BCUT2D eigenvalue weighted by atomic mass is 10.2. The molecule has 2 rings (SSSR count). The van der Waals surface area contributed by atoms with Crippen molar-refractivity contribution in [2.45, 2.75) is 11.8 Å². The highest BCUT2D eigenvalue weighted by Gasteiger charge is 2.36. The molecule has 0 N–H and O–H groups in total. The molecule has 1 aliphatic rings. The molecule has 0 atom stereocenters. The smallest absolute Gasteiger partial charge is 0.326 e. The number of carbonyl (C=O) groups excluding carboxylic acids is 3.